The zero-order chi connectivity index (χ0) is 17.6. The minimum Gasteiger partial charge on any atom is -0.466 e. The van der Waals surface area contributed by atoms with Crippen molar-refractivity contribution in [2.75, 3.05) is 18.1 Å². The van der Waals surface area contributed by atoms with Gasteiger partial charge in [0, 0.05) is 17.6 Å². The third kappa shape index (κ3) is 6.05. The van der Waals surface area contributed by atoms with E-state index in [-0.39, 0.29) is 18.3 Å². The molecule has 0 aliphatic rings. The van der Waals surface area contributed by atoms with Crippen LogP contribution in [0.25, 0.3) is 0 Å². The van der Waals surface area contributed by atoms with Gasteiger partial charge in [0.1, 0.15) is 0 Å². The van der Waals surface area contributed by atoms with Crippen LogP contribution in [-0.4, -0.2) is 25.0 Å². The Hall–Kier alpha value is -1.84. The molecule has 0 unspecified atom stereocenters. The van der Waals surface area contributed by atoms with Crippen LogP contribution in [0.4, 0.5) is 5.69 Å². The van der Waals surface area contributed by atoms with E-state index < -0.39 is 5.41 Å². The molecule has 1 aromatic rings. The Balaban J connectivity index is 3.07. The lowest BCUT2D eigenvalue weighted by Crippen LogP contribution is -2.41. The molecular formula is C19H29NO3. The van der Waals surface area contributed by atoms with E-state index in [2.05, 4.69) is 13.8 Å². The number of benzene rings is 1. The highest BCUT2D eigenvalue weighted by Crippen LogP contribution is 2.25. The second-order valence-corrected chi connectivity index (χ2v) is 7.21. The number of carbonyl (C=O) groups excluding carboxylic acids is 2. The molecule has 0 aromatic heterocycles. The van der Waals surface area contributed by atoms with E-state index in [4.69, 9.17) is 4.74 Å². The van der Waals surface area contributed by atoms with Gasteiger partial charge < -0.3 is 9.64 Å². The zero-order valence-corrected chi connectivity index (χ0v) is 15.2. The first kappa shape index (κ1) is 19.2. The van der Waals surface area contributed by atoms with Crippen LogP contribution < -0.4 is 4.90 Å². The van der Waals surface area contributed by atoms with Crippen molar-refractivity contribution in [3.05, 3.63) is 29.8 Å². The summed E-state index contributed by atoms with van der Waals surface area (Å²) in [5.41, 5.74) is 1.24. The SMILES string of the molecule is CCOC(=O)Cc1cccc(N(CC(C)C)C(=O)C(C)(C)C)c1. The lowest BCUT2D eigenvalue weighted by Gasteiger charge is -2.31. The Kier molecular flexibility index (Phi) is 6.79. The minimum atomic E-state index is -0.452. The average molecular weight is 319 g/mol. The number of rotatable bonds is 6. The zero-order valence-electron chi connectivity index (χ0n) is 15.2. The van der Waals surface area contributed by atoms with Crippen molar-refractivity contribution in [1.29, 1.82) is 0 Å². The van der Waals surface area contributed by atoms with Crippen molar-refractivity contribution < 1.29 is 14.3 Å². The largest absolute Gasteiger partial charge is 0.466 e. The fourth-order valence-electron chi connectivity index (χ4n) is 2.29. The molecule has 0 heterocycles. The summed E-state index contributed by atoms with van der Waals surface area (Å²) in [6, 6.07) is 7.59. The van der Waals surface area contributed by atoms with Crippen molar-refractivity contribution in [3.8, 4) is 0 Å². The van der Waals surface area contributed by atoms with Crippen LogP contribution in [0.1, 0.15) is 47.1 Å². The van der Waals surface area contributed by atoms with Gasteiger partial charge in [0.25, 0.3) is 0 Å². The topological polar surface area (TPSA) is 46.6 Å². The average Bonchev–Trinajstić information content (AvgIpc) is 2.43. The first-order chi connectivity index (χ1) is 10.6. The summed E-state index contributed by atoms with van der Waals surface area (Å²) in [6.45, 7) is 12.8. The third-order valence-corrected chi connectivity index (χ3v) is 3.31. The highest BCUT2D eigenvalue weighted by molar-refractivity contribution is 5.97. The van der Waals surface area contributed by atoms with Crippen LogP contribution in [0, 0.1) is 11.3 Å². The molecule has 1 amide bonds. The first-order valence-electron chi connectivity index (χ1n) is 8.21. The lowest BCUT2D eigenvalue weighted by molar-refractivity contribution is -0.142. The van der Waals surface area contributed by atoms with E-state index in [9.17, 15) is 9.59 Å². The van der Waals surface area contributed by atoms with Crippen molar-refractivity contribution in [2.24, 2.45) is 11.3 Å². The third-order valence-electron chi connectivity index (χ3n) is 3.31. The summed E-state index contributed by atoms with van der Waals surface area (Å²) in [4.78, 5) is 26.3. The molecule has 0 spiro atoms. The van der Waals surface area contributed by atoms with Gasteiger partial charge in [0.2, 0.25) is 5.91 Å². The Labute approximate surface area is 139 Å². The van der Waals surface area contributed by atoms with Gasteiger partial charge in [0.05, 0.1) is 13.0 Å². The van der Waals surface area contributed by atoms with Crippen molar-refractivity contribution >= 4 is 17.6 Å². The Morgan fingerprint density at radius 1 is 1.22 bits per heavy atom. The van der Waals surface area contributed by atoms with Crippen LogP contribution in [0.2, 0.25) is 0 Å². The van der Waals surface area contributed by atoms with Gasteiger partial charge in [-0.2, -0.15) is 0 Å². The van der Waals surface area contributed by atoms with E-state index in [0.29, 0.717) is 19.1 Å². The molecule has 0 bridgehead atoms. The molecule has 4 heteroatoms. The number of ether oxygens (including phenoxy) is 1. The molecular weight excluding hydrogens is 290 g/mol. The summed E-state index contributed by atoms with van der Waals surface area (Å²) < 4.78 is 4.99. The van der Waals surface area contributed by atoms with E-state index in [1.54, 1.807) is 6.92 Å². The lowest BCUT2D eigenvalue weighted by atomic mass is 9.93. The number of esters is 1. The smallest absolute Gasteiger partial charge is 0.310 e. The van der Waals surface area contributed by atoms with Gasteiger partial charge in [-0.3, -0.25) is 9.59 Å². The second kappa shape index (κ2) is 8.14. The van der Waals surface area contributed by atoms with E-state index in [0.717, 1.165) is 11.3 Å². The minimum absolute atomic E-state index is 0.0829. The van der Waals surface area contributed by atoms with Gasteiger partial charge in [-0.15, -0.1) is 0 Å². The van der Waals surface area contributed by atoms with Crippen LogP contribution in [-0.2, 0) is 20.7 Å². The van der Waals surface area contributed by atoms with Gasteiger partial charge >= 0.3 is 5.97 Å². The standard InChI is InChI=1S/C19H29NO3/c1-7-23-17(21)12-15-9-8-10-16(11-15)20(13-14(2)3)18(22)19(4,5)6/h8-11,14H,7,12-13H2,1-6H3. The summed E-state index contributed by atoms with van der Waals surface area (Å²) in [6.07, 6.45) is 0.223. The molecule has 0 N–H and O–H groups in total. The molecule has 128 valence electrons. The highest BCUT2D eigenvalue weighted by Gasteiger charge is 2.28. The Morgan fingerprint density at radius 3 is 2.39 bits per heavy atom. The Bertz CT molecular complexity index is 544. The molecule has 0 atom stereocenters. The predicted octanol–water partition coefficient (Wildman–Crippen LogP) is 3.83. The number of hydrogen-bond donors (Lipinski definition) is 0. The predicted molar refractivity (Wildman–Crippen MR) is 93.4 cm³/mol. The number of carbonyl (C=O) groups is 2. The molecule has 0 aliphatic carbocycles. The molecule has 1 aromatic carbocycles. The van der Waals surface area contributed by atoms with E-state index in [1.165, 1.54) is 0 Å². The quantitative estimate of drug-likeness (QED) is 0.749. The van der Waals surface area contributed by atoms with Gasteiger partial charge in [-0.25, -0.2) is 0 Å². The summed E-state index contributed by atoms with van der Waals surface area (Å²) in [7, 11) is 0. The van der Waals surface area contributed by atoms with Crippen molar-refractivity contribution in [1.82, 2.24) is 0 Å². The molecule has 23 heavy (non-hydrogen) atoms. The second-order valence-electron chi connectivity index (χ2n) is 7.21. The van der Waals surface area contributed by atoms with Crippen LogP contribution in [0.5, 0.6) is 0 Å². The fraction of sp³-hybridized carbons (Fsp3) is 0.579. The number of hydrogen-bond acceptors (Lipinski definition) is 3. The van der Waals surface area contributed by atoms with Crippen molar-refractivity contribution in [2.45, 2.75) is 48.0 Å². The molecule has 4 nitrogen and oxygen atoms in total. The maximum Gasteiger partial charge on any atom is 0.310 e. The number of nitrogens with zero attached hydrogens (tertiary/aromatic N) is 1. The summed E-state index contributed by atoms with van der Waals surface area (Å²) >= 11 is 0. The maximum absolute atomic E-state index is 12.8. The van der Waals surface area contributed by atoms with Crippen LogP contribution in [0.3, 0.4) is 0 Å². The monoisotopic (exact) mass is 319 g/mol. The number of anilines is 1. The number of amides is 1. The molecule has 0 saturated carbocycles. The van der Waals surface area contributed by atoms with E-state index >= 15 is 0 Å². The van der Waals surface area contributed by atoms with Crippen LogP contribution >= 0.6 is 0 Å². The molecule has 0 aliphatic heterocycles. The van der Waals surface area contributed by atoms with Crippen LogP contribution in [0.15, 0.2) is 24.3 Å². The fourth-order valence-corrected chi connectivity index (χ4v) is 2.29. The normalized spacial score (nSPS) is 11.4. The van der Waals surface area contributed by atoms with Crippen molar-refractivity contribution in [3.63, 3.8) is 0 Å². The molecule has 0 fully saturated rings. The summed E-state index contributed by atoms with van der Waals surface area (Å²) in [5, 5.41) is 0. The van der Waals surface area contributed by atoms with Gasteiger partial charge in [-0.05, 0) is 30.5 Å². The highest BCUT2D eigenvalue weighted by atomic mass is 16.5. The molecule has 1 rings (SSSR count). The Morgan fingerprint density at radius 2 is 1.87 bits per heavy atom. The summed E-state index contributed by atoms with van der Waals surface area (Å²) in [5.74, 6) is 0.191. The van der Waals surface area contributed by atoms with Gasteiger partial charge in [0.15, 0.2) is 0 Å². The molecule has 0 radical (unpaired) electrons. The first-order valence-corrected chi connectivity index (χ1v) is 8.21. The van der Waals surface area contributed by atoms with Gasteiger partial charge in [-0.1, -0.05) is 46.8 Å². The molecule has 0 saturated heterocycles. The maximum atomic E-state index is 12.8. The van der Waals surface area contributed by atoms with E-state index in [1.807, 2.05) is 49.9 Å².